The maximum absolute atomic E-state index is 6.24. The molecule has 1 aliphatic rings. The number of nitrogens with two attached hydrogens (primary N) is 1. The molecule has 86 valence electrons. The van der Waals surface area contributed by atoms with Crippen LogP contribution in [0.15, 0.2) is 41.8 Å². The molecule has 0 amide bonds. The van der Waals surface area contributed by atoms with E-state index in [2.05, 4.69) is 30.8 Å². The van der Waals surface area contributed by atoms with Gasteiger partial charge >= 0.3 is 0 Å². The van der Waals surface area contributed by atoms with Gasteiger partial charge in [-0.3, -0.25) is 0 Å². The molecule has 0 radical (unpaired) electrons. The van der Waals surface area contributed by atoms with Crippen molar-refractivity contribution in [2.45, 2.75) is 41.9 Å². The molecule has 2 atom stereocenters. The Bertz CT molecular complexity index is 337. The summed E-state index contributed by atoms with van der Waals surface area (Å²) in [4.78, 5) is 1.42. The van der Waals surface area contributed by atoms with Crippen LogP contribution < -0.4 is 5.73 Å². The van der Waals surface area contributed by atoms with Gasteiger partial charge in [0, 0.05) is 16.2 Å². The second-order valence-corrected chi connectivity index (χ2v) is 5.63. The summed E-state index contributed by atoms with van der Waals surface area (Å²) >= 11 is 1.95. The van der Waals surface area contributed by atoms with Crippen molar-refractivity contribution >= 4 is 11.8 Å². The number of rotatable bonds is 5. The molecule has 0 saturated carbocycles. The van der Waals surface area contributed by atoms with Crippen molar-refractivity contribution in [2.24, 2.45) is 5.73 Å². The zero-order valence-electron chi connectivity index (χ0n) is 9.56. The fourth-order valence-electron chi connectivity index (χ4n) is 2.13. The SMILES string of the molecule is C=CCCCC(N)C1Cc2ccccc2S1. The number of fused-ring (bicyclic) bond motifs is 1. The maximum Gasteiger partial charge on any atom is 0.0287 e. The summed E-state index contributed by atoms with van der Waals surface area (Å²) in [6.45, 7) is 3.74. The van der Waals surface area contributed by atoms with Crippen LogP contribution in [0.3, 0.4) is 0 Å². The molecule has 0 fully saturated rings. The Balaban J connectivity index is 1.88. The fourth-order valence-corrected chi connectivity index (χ4v) is 3.49. The summed E-state index contributed by atoms with van der Waals surface area (Å²) in [6, 6.07) is 8.97. The summed E-state index contributed by atoms with van der Waals surface area (Å²) in [7, 11) is 0. The summed E-state index contributed by atoms with van der Waals surface area (Å²) in [5.41, 5.74) is 7.71. The van der Waals surface area contributed by atoms with Crippen LogP contribution in [-0.4, -0.2) is 11.3 Å². The lowest BCUT2D eigenvalue weighted by Gasteiger charge is -2.17. The summed E-state index contributed by atoms with van der Waals surface area (Å²) in [6.07, 6.45) is 6.47. The highest BCUT2D eigenvalue weighted by atomic mass is 32.2. The quantitative estimate of drug-likeness (QED) is 0.623. The molecule has 16 heavy (non-hydrogen) atoms. The van der Waals surface area contributed by atoms with Crippen LogP contribution in [-0.2, 0) is 6.42 Å². The van der Waals surface area contributed by atoms with Gasteiger partial charge in [-0.15, -0.1) is 18.3 Å². The highest BCUT2D eigenvalue weighted by molar-refractivity contribution is 8.00. The van der Waals surface area contributed by atoms with E-state index in [4.69, 9.17) is 5.73 Å². The van der Waals surface area contributed by atoms with Gasteiger partial charge in [0.15, 0.2) is 0 Å². The van der Waals surface area contributed by atoms with E-state index < -0.39 is 0 Å². The van der Waals surface area contributed by atoms with Gasteiger partial charge in [-0.2, -0.15) is 0 Å². The number of hydrogen-bond donors (Lipinski definition) is 1. The van der Waals surface area contributed by atoms with E-state index in [1.165, 1.54) is 10.5 Å². The van der Waals surface area contributed by atoms with Crippen molar-refractivity contribution in [2.75, 3.05) is 0 Å². The number of unbranched alkanes of at least 4 members (excludes halogenated alkanes) is 1. The highest BCUT2D eigenvalue weighted by Crippen LogP contribution is 2.38. The fraction of sp³-hybridized carbons (Fsp3) is 0.429. The molecular weight excluding hydrogens is 214 g/mol. The second-order valence-electron chi connectivity index (χ2n) is 4.35. The lowest BCUT2D eigenvalue weighted by molar-refractivity contribution is 0.565. The minimum atomic E-state index is 0.317. The van der Waals surface area contributed by atoms with Crippen LogP contribution in [0.4, 0.5) is 0 Å². The van der Waals surface area contributed by atoms with E-state index in [0.717, 1.165) is 25.7 Å². The van der Waals surface area contributed by atoms with Gasteiger partial charge in [-0.1, -0.05) is 24.3 Å². The monoisotopic (exact) mass is 233 g/mol. The molecule has 2 unspecified atom stereocenters. The molecular formula is C14H19NS. The first-order chi connectivity index (χ1) is 7.81. The molecule has 2 heteroatoms. The van der Waals surface area contributed by atoms with E-state index in [1.54, 1.807) is 0 Å². The average Bonchev–Trinajstić information content (AvgIpc) is 2.73. The van der Waals surface area contributed by atoms with Gasteiger partial charge in [-0.25, -0.2) is 0 Å². The second kappa shape index (κ2) is 5.55. The molecule has 2 N–H and O–H groups in total. The lowest BCUT2D eigenvalue weighted by atomic mass is 10.0. The van der Waals surface area contributed by atoms with E-state index >= 15 is 0 Å². The molecule has 1 nitrogen and oxygen atoms in total. The third kappa shape index (κ3) is 2.69. The molecule has 1 aromatic rings. The number of hydrogen-bond acceptors (Lipinski definition) is 2. The molecule has 0 aromatic heterocycles. The average molecular weight is 233 g/mol. The van der Waals surface area contributed by atoms with Gasteiger partial charge in [0.05, 0.1) is 0 Å². The minimum Gasteiger partial charge on any atom is -0.327 e. The van der Waals surface area contributed by atoms with Crippen molar-refractivity contribution in [3.8, 4) is 0 Å². The Labute approximate surface area is 102 Å². The van der Waals surface area contributed by atoms with E-state index in [1.807, 2.05) is 17.8 Å². The van der Waals surface area contributed by atoms with Crippen molar-refractivity contribution in [3.63, 3.8) is 0 Å². The van der Waals surface area contributed by atoms with Crippen LogP contribution >= 0.6 is 11.8 Å². The zero-order chi connectivity index (χ0) is 11.4. The van der Waals surface area contributed by atoms with Crippen LogP contribution in [0.1, 0.15) is 24.8 Å². The van der Waals surface area contributed by atoms with Gasteiger partial charge in [0.25, 0.3) is 0 Å². The summed E-state index contributed by atoms with van der Waals surface area (Å²) in [5, 5.41) is 0.571. The molecule has 0 aliphatic carbocycles. The van der Waals surface area contributed by atoms with Crippen LogP contribution in [0.25, 0.3) is 0 Å². The van der Waals surface area contributed by atoms with Gasteiger partial charge < -0.3 is 5.73 Å². The molecule has 0 saturated heterocycles. The number of benzene rings is 1. The Kier molecular flexibility index (Phi) is 4.08. The largest absolute Gasteiger partial charge is 0.327 e. The van der Waals surface area contributed by atoms with Gasteiger partial charge in [0.2, 0.25) is 0 Å². The van der Waals surface area contributed by atoms with Gasteiger partial charge in [-0.05, 0) is 37.3 Å². The van der Waals surface area contributed by atoms with Crippen LogP contribution in [0.2, 0.25) is 0 Å². The molecule has 2 rings (SSSR count). The topological polar surface area (TPSA) is 26.0 Å². The molecule has 1 aromatic carbocycles. The maximum atomic E-state index is 6.24. The smallest absolute Gasteiger partial charge is 0.0287 e. The van der Waals surface area contributed by atoms with E-state index in [9.17, 15) is 0 Å². The van der Waals surface area contributed by atoms with E-state index in [0.29, 0.717) is 11.3 Å². The Hall–Kier alpha value is -0.730. The molecule has 0 bridgehead atoms. The predicted molar refractivity (Wildman–Crippen MR) is 71.8 cm³/mol. The number of thioether (sulfide) groups is 1. The Morgan fingerprint density at radius 2 is 2.31 bits per heavy atom. The number of allylic oxidation sites excluding steroid dienone is 1. The Morgan fingerprint density at radius 3 is 3.06 bits per heavy atom. The van der Waals surface area contributed by atoms with Crippen molar-refractivity contribution in [1.82, 2.24) is 0 Å². The minimum absolute atomic E-state index is 0.317. The van der Waals surface area contributed by atoms with Crippen LogP contribution in [0, 0.1) is 0 Å². The molecule has 1 heterocycles. The third-order valence-corrected chi connectivity index (χ3v) is 4.57. The van der Waals surface area contributed by atoms with E-state index in [-0.39, 0.29) is 0 Å². The third-order valence-electron chi connectivity index (χ3n) is 3.10. The highest BCUT2D eigenvalue weighted by Gasteiger charge is 2.26. The first-order valence-corrected chi connectivity index (χ1v) is 6.80. The lowest BCUT2D eigenvalue weighted by Crippen LogP contribution is -2.32. The van der Waals surface area contributed by atoms with Crippen LogP contribution in [0.5, 0.6) is 0 Å². The first-order valence-electron chi connectivity index (χ1n) is 5.92. The zero-order valence-corrected chi connectivity index (χ0v) is 10.4. The Morgan fingerprint density at radius 1 is 1.50 bits per heavy atom. The first kappa shape index (κ1) is 11.7. The van der Waals surface area contributed by atoms with Crippen molar-refractivity contribution in [1.29, 1.82) is 0 Å². The van der Waals surface area contributed by atoms with Crippen molar-refractivity contribution < 1.29 is 0 Å². The molecule has 0 spiro atoms. The normalized spacial score (nSPS) is 20.4. The molecule has 1 aliphatic heterocycles. The summed E-state index contributed by atoms with van der Waals surface area (Å²) < 4.78 is 0. The van der Waals surface area contributed by atoms with Crippen molar-refractivity contribution in [3.05, 3.63) is 42.5 Å². The van der Waals surface area contributed by atoms with Gasteiger partial charge in [0.1, 0.15) is 0 Å². The standard InChI is InChI=1S/C14H19NS/c1-2-3-4-8-12(15)14-10-11-7-5-6-9-13(11)16-14/h2,5-7,9,12,14H,1,3-4,8,10,15H2. The summed E-state index contributed by atoms with van der Waals surface area (Å²) in [5.74, 6) is 0. The predicted octanol–water partition coefficient (Wildman–Crippen LogP) is 3.39.